The zero-order chi connectivity index (χ0) is 20.3. The van der Waals surface area contributed by atoms with Crippen LogP contribution in [0.15, 0.2) is 29.3 Å². The lowest BCUT2D eigenvalue weighted by Crippen LogP contribution is -2.48. The van der Waals surface area contributed by atoms with Gasteiger partial charge in [-0.2, -0.15) is 0 Å². The molecule has 6 nitrogen and oxygen atoms in total. The maximum absolute atomic E-state index is 5.93. The number of guanidine groups is 1. The van der Waals surface area contributed by atoms with E-state index in [9.17, 15) is 0 Å². The third-order valence-corrected chi connectivity index (χ3v) is 5.78. The molecule has 170 valence electrons. The number of aliphatic imine (C=N–C) groups is 1. The first-order valence-corrected chi connectivity index (χ1v) is 11.2. The van der Waals surface area contributed by atoms with Crippen LogP contribution in [0.25, 0.3) is 0 Å². The molecule has 0 bridgehead atoms. The van der Waals surface area contributed by atoms with Crippen molar-refractivity contribution in [2.45, 2.75) is 57.7 Å². The maximum Gasteiger partial charge on any atom is 0.191 e. The van der Waals surface area contributed by atoms with Crippen LogP contribution >= 0.6 is 24.0 Å². The van der Waals surface area contributed by atoms with Crippen molar-refractivity contribution in [3.63, 3.8) is 0 Å². The molecule has 0 radical (unpaired) electrons. The van der Waals surface area contributed by atoms with E-state index in [1.807, 2.05) is 7.05 Å². The number of ether oxygens (including phenoxy) is 2. The third-order valence-electron chi connectivity index (χ3n) is 5.78. The molecule has 0 aliphatic carbocycles. The number of benzene rings is 1. The molecule has 2 aliphatic heterocycles. The van der Waals surface area contributed by atoms with E-state index >= 15 is 0 Å². The van der Waals surface area contributed by atoms with Gasteiger partial charge >= 0.3 is 0 Å². The van der Waals surface area contributed by atoms with Crippen LogP contribution < -0.4 is 10.6 Å². The van der Waals surface area contributed by atoms with Gasteiger partial charge in [0.2, 0.25) is 0 Å². The number of hydrogen-bond donors (Lipinski definition) is 2. The lowest BCUT2D eigenvalue weighted by atomic mass is 10.0. The van der Waals surface area contributed by atoms with E-state index < -0.39 is 0 Å². The normalized spacial score (nSPS) is 19.3. The number of rotatable bonds is 8. The van der Waals surface area contributed by atoms with Crippen molar-refractivity contribution in [1.29, 1.82) is 0 Å². The summed E-state index contributed by atoms with van der Waals surface area (Å²) in [5, 5.41) is 7.03. The van der Waals surface area contributed by atoms with Crippen LogP contribution in [0.3, 0.4) is 0 Å². The van der Waals surface area contributed by atoms with Gasteiger partial charge in [0, 0.05) is 59.1 Å². The van der Waals surface area contributed by atoms with Crippen molar-refractivity contribution in [3.05, 3.63) is 35.4 Å². The fourth-order valence-electron chi connectivity index (χ4n) is 4.06. The molecule has 0 aromatic heterocycles. The Morgan fingerprint density at radius 2 is 1.97 bits per heavy atom. The molecule has 2 N–H and O–H groups in total. The number of hydrogen-bond acceptors (Lipinski definition) is 4. The molecular weight excluding hydrogens is 491 g/mol. The Labute approximate surface area is 199 Å². The van der Waals surface area contributed by atoms with Gasteiger partial charge in [0.25, 0.3) is 0 Å². The fraction of sp³-hybridized carbons (Fsp3) is 0.696. The van der Waals surface area contributed by atoms with E-state index in [1.54, 1.807) is 0 Å². The van der Waals surface area contributed by atoms with Gasteiger partial charge in [-0.15, -0.1) is 24.0 Å². The Kier molecular flexibility index (Phi) is 12.0. The molecule has 0 amide bonds. The van der Waals surface area contributed by atoms with Gasteiger partial charge in [-0.05, 0) is 44.6 Å². The van der Waals surface area contributed by atoms with Crippen LogP contribution in [0.1, 0.15) is 43.2 Å². The predicted octanol–water partition coefficient (Wildman–Crippen LogP) is 3.33. The second kappa shape index (κ2) is 14.2. The van der Waals surface area contributed by atoms with Gasteiger partial charge in [-0.1, -0.05) is 29.8 Å². The minimum absolute atomic E-state index is 0. The van der Waals surface area contributed by atoms with Crippen LogP contribution in [0, 0.1) is 6.92 Å². The van der Waals surface area contributed by atoms with Crippen molar-refractivity contribution in [2.75, 3.05) is 46.5 Å². The van der Waals surface area contributed by atoms with Crippen LogP contribution in [0.4, 0.5) is 0 Å². The quantitative estimate of drug-likeness (QED) is 0.234. The minimum atomic E-state index is 0. The zero-order valence-electron chi connectivity index (χ0n) is 18.6. The van der Waals surface area contributed by atoms with Crippen molar-refractivity contribution >= 4 is 29.9 Å². The molecule has 0 spiro atoms. The number of halogens is 1. The Hall–Kier alpha value is -0.900. The molecule has 1 aromatic rings. The first-order chi connectivity index (χ1) is 14.2. The molecule has 0 saturated carbocycles. The molecule has 7 heteroatoms. The summed E-state index contributed by atoms with van der Waals surface area (Å²) < 4.78 is 11.3. The second-order valence-electron chi connectivity index (χ2n) is 8.22. The molecule has 30 heavy (non-hydrogen) atoms. The first-order valence-electron chi connectivity index (χ1n) is 11.2. The Morgan fingerprint density at radius 1 is 1.20 bits per heavy atom. The minimum Gasteiger partial charge on any atom is -0.381 e. The number of likely N-dealkylation sites (tertiary alicyclic amines) is 1. The molecular formula is C23H39IN4O2. The summed E-state index contributed by atoms with van der Waals surface area (Å²) >= 11 is 0. The van der Waals surface area contributed by atoms with Gasteiger partial charge in [-0.3, -0.25) is 9.89 Å². The lowest BCUT2D eigenvalue weighted by Gasteiger charge is -2.33. The SMILES string of the molecule is CN=C(NCCCOC1CCOCC1)NC1CCN(Cc2cccc(C)c2)CC1.I. The monoisotopic (exact) mass is 530 g/mol. The first kappa shape index (κ1) is 25.4. The number of piperidine rings is 1. The van der Waals surface area contributed by atoms with Crippen molar-refractivity contribution in [3.8, 4) is 0 Å². The van der Waals surface area contributed by atoms with Gasteiger partial charge in [0.1, 0.15) is 0 Å². The lowest BCUT2D eigenvalue weighted by molar-refractivity contribution is -0.0320. The average molecular weight is 530 g/mol. The van der Waals surface area contributed by atoms with Gasteiger partial charge in [-0.25, -0.2) is 0 Å². The molecule has 2 saturated heterocycles. The Bertz CT molecular complexity index is 629. The molecule has 1 aromatic carbocycles. The van der Waals surface area contributed by atoms with E-state index in [2.05, 4.69) is 51.7 Å². The highest BCUT2D eigenvalue weighted by molar-refractivity contribution is 14.0. The van der Waals surface area contributed by atoms with Gasteiger partial charge < -0.3 is 20.1 Å². The molecule has 0 unspecified atom stereocenters. The smallest absolute Gasteiger partial charge is 0.191 e. The zero-order valence-corrected chi connectivity index (χ0v) is 20.9. The average Bonchev–Trinajstić information content (AvgIpc) is 2.75. The van der Waals surface area contributed by atoms with E-state index in [1.165, 1.54) is 11.1 Å². The van der Waals surface area contributed by atoms with Crippen LogP contribution in [-0.2, 0) is 16.0 Å². The van der Waals surface area contributed by atoms with E-state index in [4.69, 9.17) is 9.47 Å². The van der Waals surface area contributed by atoms with E-state index in [0.29, 0.717) is 12.1 Å². The molecule has 2 fully saturated rings. The summed E-state index contributed by atoms with van der Waals surface area (Å²) in [6.45, 7) is 8.82. The highest BCUT2D eigenvalue weighted by Crippen LogP contribution is 2.15. The fourth-order valence-corrected chi connectivity index (χ4v) is 4.06. The summed E-state index contributed by atoms with van der Waals surface area (Å²) in [7, 11) is 1.85. The second-order valence-corrected chi connectivity index (χ2v) is 8.22. The summed E-state index contributed by atoms with van der Waals surface area (Å²) in [5.74, 6) is 0.910. The predicted molar refractivity (Wildman–Crippen MR) is 134 cm³/mol. The van der Waals surface area contributed by atoms with Crippen molar-refractivity contribution in [2.24, 2.45) is 4.99 Å². The number of aryl methyl sites for hydroxylation is 1. The van der Waals surface area contributed by atoms with E-state index in [-0.39, 0.29) is 24.0 Å². The summed E-state index contributed by atoms with van der Waals surface area (Å²) in [6.07, 6.45) is 5.73. The summed E-state index contributed by atoms with van der Waals surface area (Å²) in [5.41, 5.74) is 2.75. The van der Waals surface area contributed by atoms with Crippen molar-refractivity contribution < 1.29 is 9.47 Å². The summed E-state index contributed by atoms with van der Waals surface area (Å²) in [4.78, 5) is 6.94. The van der Waals surface area contributed by atoms with Gasteiger partial charge in [0.15, 0.2) is 5.96 Å². The number of nitrogens with zero attached hydrogens (tertiary/aromatic N) is 2. The third kappa shape index (κ3) is 9.08. The van der Waals surface area contributed by atoms with E-state index in [0.717, 1.165) is 84.1 Å². The Morgan fingerprint density at radius 3 is 2.67 bits per heavy atom. The Balaban J connectivity index is 0.00000320. The topological polar surface area (TPSA) is 58.1 Å². The molecule has 2 heterocycles. The van der Waals surface area contributed by atoms with Crippen LogP contribution in [-0.4, -0.2) is 69.5 Å². The molecule has 3 rings (SSSR count). The highest BCUT2D eigenvalue weighted by Gasteiger charge is 2.20. The molecule has 2 aliphatic rings. The largest absolute Gasteiger partial charge is 0.381 e. The molecule has 0 atom stereocenters. The van der Waals surface area contributed by atoms with Crippen LogP contribution in [0.2, 0.25) is 0 Å². The standard InChI is InChI=1S/C23H38N4O2.HI/c1-19-5-3-6-20(17-19)18-27-12-7-21(8-13-27)26-23(24-2)25-11-4-14-29-22-9-15-28-16-10-22;/h3,5-6,17,21-22H,4,7-16,18H2,1-2H3,(H2,24,25,26);1H. The van der Waals surface area contributed by atoms with Crippen LogP contribution in [0.5, 0.6) is 0 Å². The van der Waals surface area contributed by atoms with Crippen molar-refractivity contribution in [1.82, 2.24) is 15.5 Å². The number of nitrogens with one attached hydrogen (secondary N) is 2. The highest BCUT2D eigenvalue weighted by atomic mass is 127. The van der Waals surface area contributed by atoms with Gasteiger partial charge in [0.05, 0.1) is 6.10 Å². The summed E-state index contributed by atoms with van der Waals surface area (Å²) in [6, 6.07) is 9.34. The maximum atomic E-state index is 5.93.